The van der Waals surface area contributed by atoms with Crippen LogP contribution in [0.2, 0.25) is 0 Å². The Kier molecular flexibility index (Phi) is 2.94. The van der Waals surface area contributed by atoms with E-state index in [1.54, 1.807) is 7.11 Å². The predicted octanol–water partition coefficient (Wildman–Crippen LogP) is 3.78. The number of carbonyl (C=O) groups excluding carboxylic acids is 1. The van der Waals surface area contributed by atoms with E-state index in [0.29, 0.717) is 12.5 Å². The average Bonchev–Trinajstić information content (AvgIpc) is 2.95. The standard InChI is InChI=1S/C20H24N2O2/c1-3-20-8-4-9-21-10-7-15-14-6-5-13(24-2)11-16(14)22(17(23)12-20)18(15)19(20)21/h5-6,11,19H,3-4,7-10,12H2,1-2H3/t19-,20+/m0/s1. The van der Waals surface area contributed by atoms with Crippen molar-refractivity contribution in [2.75, 3.05) is 20.2 Å². The van der Waals surface area contributed by atoms with Crippen LogP contribution in [0.5, 0.6) is 5.75 Å². The molecule has 2 aromatic rings. The van der Waals surface area contributed by atoms with E-state index in [9.17, 15) is 4.79 Å². The number of hydrogen-bond donors (Lipinski definition) is 0. The summed E-state index contributed by atoms with van der Waals surface area (Å²) >= 11 is 0. The number of carbonyl (C=O) groups is 1. The second-order valence-corrected chi connectivity index (χ2v) is 7.66. The van der Waals surface area contributed by atoms with Gasteiger partial charge in [-0.15, -0.1) is 0 Å². The number of fused-ring (bicyclic) bond motifs is 3. The van der Waals surface area contributed by atoms with Crippen LogP contribution in [0.1, 0.15) is 54.7 Å². The van der Waals surface area contributed by atoms with Crippen molar-refractivity contribution in [3.63, 3.8) is 0 Å². The zero-order chi connectivity index (χ0) is 16.5. The maximum Gasteiger partial charge on any atom is 0.232 e. The number of aromatic nitrogens is 1. The number of rotatable bonds is 2. The molecule has 4 nitrogen and oxygen atoms in total. The highest BCUT2D eigenvalue weighted by atomic mass is 16.5. The molecule has 0 spiro atoms. The Bertz CT molecular complexity index is 853. The number of hydrogen-bond acceptors (Lipinski definition) is 3. The lowest BCUT2D eigenvalue weighted by molar-refractivity contribution is -0.0174. The van der Waals surface area contributed by atoms with E-state index >= 15 is 0 Å². The minimum absolute atomic E-state index is 0.138. The molecule has 0 radical (unpaired) electrons. The SMILES string of the molecule is CC[C@@]12CCCN3CCc4c(n(c5cc(OC)ccc45)C(=O)C1)[C@H]32. The lowest BCUT2D eigenvalue weighted by atomic mass is 9.64. The summed E-state index contributed by atoms with van der Waals surface area (Å²) < 4.78 is 7.45. The van der Waals surface area contributed by atoms with Crippen molar-refractivity contribution in [3.05, 3.63) is 29.5 Å². The van der Waals surface area contributed by atoms with Crippen LogP contribution >= 0.6 is 0 Å². The number of methoxy groups -OCH3 is 1. The average molecular weight is 324 g/mol. The first-order valence-electron chi connectivity index (χ1n) is 9.17. The van der Waals surface area contributed by atoms with E-state index in [-0.39, 0.29) is 11.3 Å². The first kappa shape index (κ1) is 14.5. The van der Waals surface area contributed by atoms with Crippen molar-refractivity contribution in [1.29, 1.82) is 0 Å². The Morgan fingerprint density at radius 2 is 2.21 bits per heavy atom. The van der Waals surface area contributed by atoms with Gasteiger partial charge in [0, 0.05) is 35.5 Å². The van der Waals surface area contributed by atoms with Crippen LogP contribution in [0.4, 0.5) is 0 Å². The predicted molar refractivity (Wildman–Crippen MR) is 93.7 cm³/mol. The molecular weight excluding hydrogens is 300 g/mol. The van der Waals surface area contributed by atoms with Gasteiger partial charge in [-0.2, -0.15) is 0 Å². The van der Waals surface area contributed by atoms with E-state index in [4.69, 9.17) is 4.74 Å². The summed E-state index contributed by atoms with van der Waals surface area (Å²) in [5, 5.41) is 1.25. The Morgan fingerprint density at radius 3 is 3.00 bits per heavy atom. The molecule has 1 aromatic carbocycles. The minimum atomic E-state index is 0.138. The second kappa shape index (κ2) is 4.85. The van der Waals surface area contributed by atoms with Gasteiger partial charge in [0.05, 0.1) is 18.7 Å². The van der Waals surface area contributed by atoms with E-state index in [2.05, 4.69) is 17.9 Å². The van der Waals surface area contributed by atoms with Gasteiger partial charge in [-0.1, -0.05) is 6.92 Å². The van der Waals surface area contributed by atoms with Gasteiger partial charge in [-0.25, -0.2) is 0 Å². The zero-order valence-corrected chi connectivity index (χ0v) is 14.5. The smallest absolute Gasteiger partial charge is 0.232 e. The highest BCUT2D eigenvalue weighted by Crippen LogP contribution is 2.57. The molecule has 2 atom stereocenters. The maximum absolute atomic E-state index is 13.2. The summed E-state index contributed by atoms with van der Waals surface area (Å²) in [6.45, 7) is 4.57. The normalized spacial score (nSPS) is 28.9. The largest absolute Gasteiger partial charge is 0.497 e. The molecule has 4 heterocycles. The van der Waals surface area contributed by atoms with Gasteiger partial charge in [-0.3, -0.25) is 14.3 Å². The van der Waals surface area contributed by atoms with Crippen molar-refractivity contribution < 1.29 is 9.53 Å². The van der Waals surface area contributed by atoms with Crippen molar-refractivity contribution >= 4 is 16.8 Å². The lowest BCUT2D eigenvalue weighted by Crippen LogP contribution is -2.53. The second-order valence-electron chi connectivity index (χ2n) is 7.66. The molecule has 3 aliphatic heterocycles. The molecule has 126 valence electrons. The Morgan fingerprint density at radius 1 is 1.33 bits per heavy atom. The van der Waals surface area contributed by atoms with Crippen LogP contribution in [0, 0.1) is 5.41 Å². The van der Waals surface area contributed by atoms with Crippen molar-refractivity contribution in [2.24, 2.45) is 5.41 Å². The number of piperidine rings is 1. The molecule has 0 bridgehead atoms. The van der Waals surface area contributed by atoms with E-state index < -0.39 is 0 Å². The molecular formula is C20H24N2O2. The van der Waals surface area contributed by atoms with Gasteiger partial charge < -0.3 is 4.74 Å². The molecule has 0 aliphatic carbocycles. The highest BCUT2D eigenvalue weighted by molar-refractivity contribution is 5.98. The number of ether oxygens (including phenoxy) is 1. The molecule has 5 rings (SSSR count). The summed E-state index contributed by atoms with van der Waals surface area (Å²) in [6.07, 6.45) is 5.22. The van der Waals surface area contributed by atoms with Gasteiger partial charge in [0.2, 0.25) is 5.91 Å². The Hall–Kier alpha value is -1.81. The van der Waals surface area contributed by atoms with Gasteiger partial charge in [-0.05, 0) is 49.9 Å². The van der Waals surface area contributed by atoms with Crippen LogP contribution in [0.15, 0.2) is 18.2 Å². The summed E-state index contributed by atoms with van der Waals surface area (Å²) in [5.74, 6) is 1.10. The molecule has 1 fully saturated rings. The summed E-state index contributed by atoms with van der Waals surface area (Å²) in [6, 6.07) is 6.62. The van der Waals surface area contributed by atoms with Gasteiger partial charge in [0.25, 0.3) is 0 Å². The van der Waals surface area contributed by atoms with Crippen LogP contribution in [-0.2, 0) is 6.42 Å². The molecule has 0 amide bonds. The third-order valence-corrected chi connectivity index (χ3v) is 6.75. The third kappa shape index (κ3) is 1.65. The molecule has 1 saturated heterocycles. The van der Waals surface area contributed by atoms with Crippen molar-refractivity contribution in [3.8, 4) is 5.75 Å². The quantitative estimate of drug-likeness (QED) is 0.843. The Balaban J connectivity index is 1.84. The molecule has 1 aromatic heterocycles. The van der Waals surface area contributed by atoms with Crippen LogP contribution in [0.25, 0.3) is 10.9 Å². The fourth-order valence-corrected chi connectivity index (χ4v) is 5.61. The fraction of sp³-hybridized carbons (Fsp3) is 0.550. The number of benzene rings is 1. The van der Waals surface area contributed by atoms with E-state index in [1.165, 1.54) is 36.0 Å². The first-order chi connectivity index (χ1) is 11.7. The maximum atomic E-state index is 13.2. The molecule has 0 unspecified atom stereocenters. The van der Waals surface area contributed by atoms with E-state index in [0.717, 1.165) is 30.7 Å². The summed E-state index contributed by atoms with van der Waals surface area (Å²) in [4.78, 5) is 15.8. The van der Waals surface area contributed by atoms with Gasteiger partial charge in [0.1, 0.15) is 5.75 Å². The molecule has 4 heteroatoms. The molecule has 0 N–H and O–H groups in total. The summed E-state index contributed by atoms with van der Waals surface area (Å²) in [5.41, 5.74) is 3.88. The van der Waals surface area contributed by atoms with Crippen LogP contribution in [0.3, 0.4) is 0 Å². The van der Waals surface area contributed by atoms with Crippen molar-refractivity contribution in [1.82, 2.24) is 9.47 Å². The lowest BCUT2D eigenvalue weighted by Gasteiger charge is -2.54. The minimum Gasteiger partial charge on any atom is -0.497 e. The summed E-state index contributed by atoms with van der Waals surface area (Å²) in [7, 11) is 1.69. The van der Waals surface area contributed by atoms with Crippen LogP contribution < -0.4 is 4.74 Å². The molecule has 3 aliphatic rings. The first-order valence-corrected chi connectivity index (χ1v) is 9.17. The fourth-order valence-electron chi connectivity index (χ4n) is 5.61. The van der Waals surface area contributed by atoms with Gasteiger partial charge >= 0.3 is 0 Å². The molecule has 0 saturated carbocycles. The number of nitrogens with zero attached hydrogens (tertiary/aromatic N) is 2. The zero-order valence-electron chi connectivity index (χ0n) is 14.5. The highest BCUT2D eigenvalue weighted by Gasteiger charge is 2.52. The molecule has 24 heavy (non-hydrogen) atoms. The Labute approximate surface area is 142 Å². The topological polar surface area (TPSA) is 34.5 Å². The van der Waals surface area contributed by atoms with Gasteiger partial charge in [0.15, 0.2) is 0 Å². The van der Waals surface area contributed by atoms with Crippen LogP contribution in [-0.4, -0.2) is 35.6 Å². The third-order valence-electron chi connectivity index (χ3n) is 6.75. The van der Waals surface area contributed by atoms with E-state index in [1.807, 2.05) is 16.7 Å². The monoisotopic (exact) mass is 324 g/mol. The van der Waals surface area contributed by atoms with Crippen molar-refractivity contribution in [2.45, 2.75) is 45.1 Å².